The van der Waals surface area contributed by atoms with Crippen LogP contribution in [0.4, 0.5) is 0 Å². The first-order valence-electron chi connectivity index (χ1n) is 36.7. The molecule has 8 unspecified atom stereocenters. The van der Waals surface area contributed by atoms with Crippen LogP contribution in [-0.4, -0.2) is 99.6 Å². The highest BCUT2D eigenvalue weighted by Gasteiger charge is 2.47. The third-order valence-corrected chi connectivity index (χ3v) is 16.6. The molecule has 89 heavy (non-hydrogen) atoms. The molecular formula is C78H135NO10. The molecule has 0 aromatic heterocycles. The van der Waals surface area contributed by atoms with Crippen LogP contribution in [0, 0.1) is 0 Å². The van der Waals surface area contributed by atoms with Gasteiger partial charge in [0.1, 0.15) is 24.4 Å². The van der Waals surface area contributed by atoms with Crippen molar-refractivity contribution in [1.29, 1.82) is 0 Å². The summed E-state index contributed by atoms with van der Waals surface area (Å²) in [6.45, 7) is 5.75. The summed E-state index contributed by atoms with van der Waals surface area (Å²) in [5.41, 5.74) is 0. The Hall–Kier alpha value is -3.68. The fraction of sp³-hybridized carbons (Fsp3) is 0.744. The first-order chi connectivity index (χ1) is 43.7. The van der Waals surface area contributed by atoms with Gasteiger partial charge in [0.05, 0.1) is 25.4 Å². The maximum Gasteiger partial charge on any atom is 0.306 e. The van der Waals surface area contributed by atoms with E-state index in [1.54, 1.807) is 6.08 Å². The van der Waals surface area contributed by atoms with Crippen LogP contribution in [0.15, 0.2) is 109 Å². The zero-order valence-electron chi connectivity index (χ0n) is 57.0. The number of amides is 1. The number of hydrogen-bond donors (Lipinski definition) is 6. The Morgan fingerprint density at radius 3 is 1.18 bits per heavy atom. The summed E-state index contributed by atoms with van der Waals surface area (Å²) in [4.78, 5) is 26.7. The molecule has 0 aliphatic carbocycles. The average molecular weight is 1250 g/mol. The summed E-state index contributed by atoms with van der Waals surface area (Å²) in [5.74, 6) is -1.22. The van der Waals surface area contributed by atoms with E-state index in [0.29, 0.717) is 12.8 Å². The summed E-state index contributed by atoms with van der Waals surface area (Å²) in [6.07, 6.45) is 78.3. The number of carbonyl (C=O) groups excluding carboxylic acids is 2. The number of aliphatic hydroxyl groups is 5. The Labute approximate surface area is 545 Å². The highest BCUT2D eigenvalue weighted by Crippen LogP contribution is 2.26. The van der Waals surface area contributed by atoms with Crippen LogP contribution in [0.2, 0.25) is 0 Å². The lowest BCUT2D eigenvalue weighted by Crippen LogP contribution is -2.61. The molecule has 0 aromatic rings. The minimum Gasteiger partial charge on any atom is -0.454 e. The Kier molecular flexibility index (Phi) is 60.3. The number of rotatable bonds is 62. The molecule has 1 aliphatic rings. The molecule has 8 atom stereocenters. The van der Waals surface area contributed by atoms with E-state index in [1.807, 2.05) is 6.08 Å². The number of allylic oxidation sites excluding steroid dienone is 17. The van der Waals surface area contributed by atoms with Crippen molar-refractivity contribution in [3.8, 4) is 0 Å². The van der Waals surface area contributed by atoms with Crippen molar-refractivity contribution in [1.82, 2.24) is 5.32 Å². The van der Waals surface area contributed by atoms with E-state index in [9.17, 15) is 35.1 Å². The minimum absolute atomic E-state index is 0.112. The van der Waals surface area contributed by atoms with Gasteiger partial charge in [0, 0.05) is 6.42 Å². The molecule has 6 N–H and O–H groups in total. The van der Waals surface area contributed by atoms with Crippen LogP contribution in [0.1, 0.15) is 310 Å². The monoisotopic (exact) mass is 1250 g/mol. The highest BCUT2D eigenvalue weighted by molar-refractivity contribution is 5.80. The normalized spacial score (nSPS) is 18.8. The van der Waals surface area contributed by atoms with E-state index in [4.69, 9.17) is 14.2 Å². The van der Waals surface area contributed by atoms with Crippen molar-refractivity contribution < 1.29 is 49.3 Å². The van der Waals surface area contributed by atoms with E-state index >= 15 is 0 Å². The molecular weight excluding hydrogens is 1110 g/mol. The molecule has 0 bridgehead atoms. The Balaban J connectivity index is 2.59. The second-order valence-corrected chi connectivity index (χ2v) is 25.0. The maximum absolute atomic E-state index is 13.5. The predicted molar refractivity (Wildman–Crippen MR) is 375 cm³/mol. The molecule has 0 spiro atoms. The zero-order chi connectivity index (χ0) is 64.6. The van der Waals surface area contributed by atoms with E-state index in [-0.39, 0.29) is 19.4 Å². The van der Waals surface area contributed by atoms with Gasteiger partial charge >= 0.3 is 5.97 Å². The van der Waals surface area contributed by atoms with Gasteiger partial charge in [0.25, 0.3) is 0 Å². The van der Waals surface area contributed by atoms with Gasteiger partial charge in [0.15, 0.2) is 12.4 Å². The summed E-state index contributed by atoms with van der Waals surface area (Å²) in [6, 6.07) is -1.04. The second kappa shape index (κ2) is 64.4. The lowest BCUT2D eigenvalue weighted by molar-refractivity contribution is -0.305. The molecule has 512 valence electrons. The molecule has 11 heteroatoms. The number of aliphatic hydroxyl groups excluding tert-OH is 5. The van der Waals surface area contributed by atoms with Gasteiger partial charge in [-0.05, 0) is 116 Å². The SMILES string of the molecule is CCCCC/C=C\C/C=C\C/C=C\C/C=C\CCCCCCCCCCCCCC(=O)OC1C(OCC(NC(=O)C(O)CCCCCC/C=C\C/C=C\C/C=C\C/C=C\CCCCC)C(O)/C=C/CCCCCCCCCCCCC)OC(CO)C(O)C1O. The fourth-order valence-electron chi connectivity index (χ4n) is 10.9. The minimum atomic E-state index is -1.63. The fourth-order valence-corrected chi connectivity index (χ4v) is 10.9. The highest BCUT2D eigenvalue weighted by atomic mass is 16.7. The van der Waals surface area contributed by atoms with Crippen LogP contribution in [0.3, 0.4) is 0 Å². The van der Waals surface area contributed by atoms with E-state index < -0.39 is 67.4 Å². The zero-order valence-corrected chi connectivity index (χ0v) is 57.0. The van der Waals surface area contributed by atoms with Crippen LogP contribution < -0.4 is 5.32 Å². The van der Waals surface area contributed by atoms with Gasteiger partial charge in [-0.1, -0.05) is 297 Å². The standard InChI is InChI=1S/C78H135NO10/c1-4-7-10-13-16-19-22-25-27-29-31-33-34-35-36-37-38-39-41-43-45-48-51-54-57-60-63-66-73(83)89-76-75(85)74(84)72(67-80)88-78(76)87-68-69(70(81)64-61-58-55-52-49-46-24-21-18-15-12-9-6-3)79-77(86)71(82)65-62-59-56-53-50-47-44-42-40-32-30-28-26-23-20-17-14-11-8-5-2/h16-17,19-20,25-28,31-33,35-36,40,44,47,61,64,69-72,74-76,78,80-82,84-85H,4-15,18,21-24,29-30,34,37-39,41-43,45-46,48-60,62-63,65-68H2,1-3H3,(H,79,86)/b19-16-,20-17-,27-25-,28-26-,33-31-,36-35-,40-32-,47-44-,64-61+. The molecule has 11 nitrogen and oxygen atoms in total. The quantitative estimate of drug-likeness (QED) is 0.0195. The second-order valence-electron chi connectivity index (χ2n) is 25.0. The van der Waals surface area contributed by atoms with Crippen LogP contribution in [-0.2, 0) is 23.8 Å². The van der Waals surface area contributed by atoms with Gasteiger partial charge in [0.2, 0.25) is 5.91 Å². The summed E-state index contributed by atoms with van der Waals surface area (Å²) in [5, 5.41) is 57.3. The molecule has 1 saturated heterocycles. The van der Waals surface area contributed by atoms with Crippen LogP contribution in [0.25, 0.3) is 0 Å². The van der Waals surface area contributed by atoms with Crippen molar-refractivity contribution in [3.63, 3.8) is 0 Å². The Bertz CT molecular complexity index is 1870. The molecule has 1 fully saturated rings. The molecule has 1 heterocycles. The molecule has 1 amide bonds. The predicted octanol–water partition coefficient (Wildman–Crippen LogP) is 19.2. The third-order valence-electron chi connectivity index (χ3n) is 16.6. The van der Waals surface area contributed by atoms with E-state index in [0.717, 1.165) is 109 Å². The first-order valence-corrected chi connectivity index (χ1v) is 36.7. The molecule has 1 aliphatic heterocycles. The first kappa shape index (κ1) is 83.3. The van der Waals surface area contributed by atoms with Gasteiger partial charge in [-0.2, -0.15) is 0 Å². The smallest absolute Gasteiger partial charge is 0.306 e. The van der Waals surface area contributed by atoms with Crippen molar-refractivity contribution >= 4 is 11.9 Å². The average Bonchev–Trinajstić information content (AvgIpc) is 1.85. The van der Waals surface area contributed by atoms with Gasteiger partial charge < -0.3 is 45.1 Å². The summed E-state index contributed by atoms with van der Waals surface area (Å²) >= 11 is 0. The number of unbranched alkanes of at least 4 members (excludes halogenated alkanes) is 32. The van der Waals surface area contributed by atoms with Gasteiger partial charge in [-0.25, -0.2) is 0 Å². The summed E-state index contributed by atoms with van der Waals surface area (Å²) < 4.78 is 17.7. The molecule has 0 saturated carbocycles. The van der Waals surface area contributed by atoms with Crippen molar-refractivity contribution in [2.45, 2.75) is 359 Å². The van der Waals surface area contributed by atoms with Crippen LogP contribution in [0.5, 0.6) is 0 Å². The molecule has 0 radical (unpaired) electrons. The van der Waals surface area contributed by atoms with Crippen molar-refractivity contribution in [2.24, 2.45) is 0 Å². The number of hydrogen-bond acceptors (Lipinski definition) is 10. The van der Waals surface area contributed by atoms with Crippen molar-refractivity contribution in [2.75, 3.05) is 13.2 Å². The van der Waals surface area contributed by atoms with Gasteiger partial charge in [-0.15, -0.1) is 0 Å². The maximum atomic E-state index is 13.5. The largest absolute Gasteiger partial charge is 0.454 e. The van der Waals surface area contributed by atoms with Gasteiger partial charge in [-0.3, -0.25) is 9.59 Å². The lowest BCUT2D eigenvalue weighted by atomic mass is 9.99. The van der Waals surface area contributed by atoms with Crippen molar-refractivity contribution in [3.05, 3.63) is 109 Å². The van der Waals surface area contributed by atoms with E-state index in [1.165, 1.54) is 154 Å². The number of esters is 1. The lowest BCUT2D eigenvalue weighted by Gasteiger charge is -2.41. The van der Waals surface area contributed by atoms with Crippen LogP contribution >= 0.6 is 0 Å². The molecule has 0 aromatic carbocycles. The van der Waals surface area contributed by atoms with E-state index in [2.05, 4.69) is 123 Å². The number of carbonyl (C=O) groups is 2. The summed E-state index contributed by atoms with van der Waals surface area (Å²) in [7, 11) is 0. The molecule has 1 rings (SSSR count). The Morgan fingerprint density at radius 1 is 0.438 bits per heavy atom. The number of ether oxygens (including phenoxy) is 3. The topological polar surface area (TPSA) is 175 Å². The third kappa shape index (κ3) is 51.5. The number of nitrogens with one attached hydrogen (secondary N) is 1. The Morgan fingerprint density at radius 2 is 0.775 bits per heavy atom.